The van der Waals surface area contributed by atoms with E-state index in [0.29, 0.717) is 17.1 Å². The minimum atomic E-state index is -5.85. The molecule has 0 amide bonds. The summed E-state index contributed by atoms with van der Waals surface area (Å²) in [6.07, 6.45) is -9.89. The Balaban J connectivity index is 2.59. The number of alkyl halides is 6. The summed E-state index contributed by atoms with van der Waals surface area (Å²) in [6.45, 7) is 0.453. The van der Waals surface area contributed by atoms with Gasteiger partial charge in [0.1, 0.15) is 22.9 Å². The van der Waals surface area contributed by atoms with Crippen LogP contribution < -0.4 is 4.74 Å². The molecule has 0 radical (unpaired) electrons. The first-order valence-corrected chi connectivity index (χ1v) is 9.31. The number of rotatable bonds is 8. The van der Waals surface area contributed by atoms with Crippen LogP contribution in [-0.4, -0.2) is 36.2 Å². The first kappa shape index (κ1) is 24.4. The molecule has 0 saturated carbocycles. The molecule has 2 heterocycles. The van der Waals surface area contributed by atoms with Crippen molar-refractivity contribution in [2.45, 2.75) is 37.7 Å². The van der Waals surface area contributed by atoms with E-state index in [1.807, 2.05) is 0 Å². The lowest BCUT2D eigenvalue weighted by Crippen LogP contribution is -2.56. The maximum absolute atomic E-state index is 13.7. The van der Waals surface area contributed by atoms with Crippen LogP contribution in [0.4, 0.5) is 26.3 Å². The molecule has 0 N–H and O–H groups in total. The van der Waals surface area contributed by atoms with Crippen molar-refractivity contribution in [3.05, 3.63) is 46.5 Å². The summed E-state index contributed by atoms with van der Waals surface area (Å²) in [5.74, 6) is 0.244. The van der Waals surface area contributed by atoms with Crippen molar-refractivity contribution < 1.29 is 40.6 Å². The van der Waals surface area contributed by atoms with Crippen molar-refractivity contribution >= 4 is 15.9 Å². The van der Waals surface area contributed by atoms with Gasteiger partial charge in [0.25, 0.3) is 0 Å². The van der Waals surface area contributed by atoms with E-state index in [4.69, 9.17) is 4.74 Å². The van der Waals surface area contributed by atoms with Gasteiger partial charge in [-0.05, 0) is 46.6 Å². The Hall–Kier alpha value is -1.92. The molecule has 2 rings (SSSR count). The minimum Gasteiger partial charge on any atom is -0.454 e. The predicted molar refractivity (Wildman–Crippen MR) is 97.0 cm³/mol. The summed E-state index contributed by atoms with van der Waals surface area (Å²) < 4.78 is 96.8. The number of hydrogen-bond acceptors (Lipinski definition) is 5. The first-order valence-electron chi connectivity index (χ1n) is 8.52. The molecule has 0 fully saturated rings. The second kappa shape index (κ2) is 9.48. The molecule has 0 aliphatic rings. The predicted octanol–water partition coefficient (Wildman–Crippen LogP) is 5.92. The van der Waals surface area contributed by atoms with Crippen LogP contribution in [0.3, 0.4) is 0 Å². The number of hydrogen-bond donors (Lipinski definition) is 0. The third kappa shape index (κ3) is 5.03. The van der Waals surface area contributed by atoms with Gasteiger partial charge in [0, 0.05) is 7.11 Å². The van der Waals surface area contributed by atoms with Gasteiger partial charge in [-0.3, -0.25) is 4.98 Å². The zero-order chi connectivity index (χ0) is 22.6. The van der Waals surface area contributed by atoms with E-state index in [-0.39, 0.29) is 23.6 Å². The zero-order valence-corrected chi connectivity index (χ0v) is 17.4. The smallest absolute Gasteiger partial charge is 0.432 e. The molecule has 0 spiro atoms. The van der Waals surface area contributed by atoms with Crippen molar-refractivity contribution in [3.8, 4) is 11.5 Å². The van der Waals surface area contributed by atoms with E-state index in [0.717, 1.165) is 13.2 Å². The highest BCUT2D eigenvalue weighted by atomic mass is 79.9. The Kier molecular flexibility index (Phi) is 7.69. The van der Waals surface area contributed by atoms with E-state index < -0.39 is 30.4 Å². The average Bonchev–Trinajstić information content (AvgIpc) is 2.64. The van der Waals surface area contributed by atoms with Gasteiger partial charge < -0.3 is 14.2 Å². The van der Waals surface area contributed by atoms with Gasteiger partial charge in [-0.15, -0.1) is 0 Å². The van der Waals surface area contributed by atoms with Crippen LogP contribution in [0.1, 0.15) is 24.7 Å². The van der Waals surface area contributed by atoms with Crippen molar-refractivity contribution in [3.63, 3.8) is 0 Å². The monoisotopic (exact) mass is 502 g/mol. The van der Waals surface area contributed by atoms with Crippen LogP contribution >= 0.6 is 15.9 Å². The van der Waals surface area contributed by atoms with Gasteiger partial charge in [0.2, 0.25) is 0 Å². The lowest BCUT2D eigenvalue weighted by atomic mass is 9.96. The summed E-state index contributed by atoms with van der Waals surface area (Å²) in [6, 6.07) is 4.67. The Bertz CT molecular complexity index is 829. The van der Waals surface area contributed by atoms with Crippen LogP contribution in [0.15, 0.2) is 35.1 Å². The van der Waals surface area contributed by atoms with Crippen molar-refractivity contribution in [2.24, 2.45) is 0 Å². The number of pyridine rings is 2. The highest BCUT2D eigenvalue weighted by Gasteiger charge is 2.74. The average molecular weight is 503 g/mol. The van der Waals surface area contributed by atoms with Crippen LogP contribution in [0.2, 0.25) is 0 Å². The second-order valence-corrected chi connectivity index (χ2v) is 6.85. The standard InChI is InChI=1S/C18H17BrF6N2O3/c1-3-4-12-13(30-11-5-8-15(19)26-9-11)6-7-14(27-12)16(17(20,21)22,18(23,24)25)29-10-28-2/h5-9H,3-4,10H2,1-2H3. The molecule has 0 aliphatic carbocycles. The van der Waals surface area contributed by atoms with Gasteiger partial charge in [-0.1, -0.05) is 13.3 Å². The molecule has 0 aromatic carbocycles. The molecule has 2 aromatic rings. The van der Waals surface area contributed by atoms with Crippen LogP contribution in [0.5, 0.6) is 11.5 Å². The lowest BCUT2D eigenvalue weighted by Gasteiger charge is -2.36. The number of halogens is 7. The summed E-state index contributed by atoms with van der Waals surface area (Å²) in [4.78, 5) is 7.61. The minimum absolute atomic E-state index is 0.00899. The number of nitrogens with zero attached hydrogens (tertiary/aromatic N) is 2. The van der Waals surface area contributed by atoms with Gasteiger partial charge in [-0.2, -0.15) is 26.3 Å². The molecule has 166 valence electrons. The quantitative estimate of drug-likeness (QED) is 0.254. The molecule has 0 bridgehead atoms. The van der Waals surface area contributed by atoms with Gasteiger partial charge >= 0.3 is 18.0 Å². The largest absolute Gasteiger partial charge is 0.454 e. The molecule has 30 heavy (non-hydrogen) atoms. The maximum atomic E-state index is 13.7. The molecule has 0 atom stereocenters. The fraction of sp³-hybridized carbons (Fsp3) is 0.444. The summed E-state index contributed by atoms with van der Waals surface area (Å²) >= 11 is 3.14. The number of aryl methyl sites for hydroxylation is 1. The third-order valence-corrected chi connectivity index (χ3v) is 4.37. The Morgan fingerprint density at radius 1 is 1.00 bits per heavy atom. The molecule has 0 aliphatic heterocycles. The number of ether oxygens (including phenoxy) is 3. The SMILES string of the molecule is CCCc1nc(C(OCOC)(C(F)(F)F)C(F)(F)F)ccc1Oc1ccc(Br)nc1. The Labute approximate surface area is 176 Å². The van der Waals surface area contributed by atoms with Crippen LogP contribution in [-0.2, 0) is 21.5 Å². The first-order chi connectivity index (χ1) is 14.0. The van der Waals surface area contributed by atoms with E-state index >= 15 is 0 Å². The van der Waals surface area contributed by atoms with Gasteiger partial charge in [0.05, 0.1) is 17.6 Å². The Morgan fingerprint density at radius 2 is 1.67 bits per heavy atom. The Morgan fingerprint density at radius 3 is 2.17 bits per heavy atom. The van der Waals surface area contributed by atoms with Gasteiger partial charge in [-0.25, -0.2) is 4.98 Å². The number of methoxy groups -OCH3 is 1. The van der Waals surface area contributed by atoms with Crippen LogP contribution in [0.25, 0.3) is 0 Å². The summed E-state index contributed by atoms with van der Waals surface area (Å²) in [7, 11) is 0.913. The molecule has 2 aromatic heterocycles. The molecule has 0 unspecified atom stereocenters. The number of aromatic nitrogens is 2. The van der Waals surface area contributed by atoms with E-state index in [9.17, 15) is 26.3 Å². The van der Waals surface area contributed by atoms with E-state index in [2.05, 4.69) is 35.4 Å². The summed E-state index contributed by atoms with van der Waals surface area (Å²) in [5, 5.41) is 0. The van der Waals surface area contributed by atoms with Crippen molar-refractivity contribution in [1.82, 2.24) is 9.97 Å². The topological polar surface area (TPSA) is 53.5 Å². The maximum Gasteiger partial charge on any atom is 0.432 e. The normalized spacial score (nSPS) is 12.8. The molecular weight excluding hydrogens is 486 g/mol. The second-order valence-electron chi connectivity index (χ2n) is 6.04. The van der Waals surface area contributed by atoms with Gasteiger partial charge in [0.15, 0.2) is 0 Å². The molecular formula is C18H17BrF6N2O3. The summed E-state index contributed by atoms with van der Waals surface area (Å²) in [5.41, 5.74) is -6.10. The lowest BCUT2D eigenvalue weighted by molar-refractivity contribution is -0.401. The van der Waals surface area contributed by atoms with E-state index in [1.54, 1.807) is 13.0 Å². The van der Waals surface area contributed by atoms with Crippen molar-refractivity contribution in [1.29, 1.82) is 0 Å². The fourth-order valence-corrected chi connectivity index (χ4v) is 2.81. The highest BCUT2D eigenvalue weighted by molar-refractivity contribution is 9.10. The fourth-order valence-electron chi connectivity index (χ4n) is 2.58. The van der Waals surface area contributed by atoms with E-state index in [1.165, 1.54) is 12.3 Å². The molecule has 12 heteroatoms. The van der Waals surface area contributed by atoms with Crippen molar-refractivity contribution in [2.75, 3.05) is 13.9 Å². The molecule has 0 saturated heterocycles. The zero-order valence-electron chi connectivity index (χ0n) is 15.8. The molecule has 5 nitrogen and oxygen atoms in total. The highest BCUT2D eigenvalue weighted by Crippen LogP contribution is 2.52. The van der Waals surface area contributed by atoms with Crippen LogP contribution in [0, 0.1) is 0 Å². The third-order valence-electron chi connectivity index (χ3n) is 3.90.